The average Bonchev–Trinajstić information content (AvgIpc) is 2.97. The van der Waals surface area contributed by atoms with E-state index < -0.39 is 11.9 Å². The van der Waals surface area contributed by atoms with Gasteiger partial charge in [0.15, 0.2) is 0 Å². The van der Waals surface area contributed by atoms with Crippen LogP contribution in [0.2, 0.25) is 0 Å². The molecule has 0 aromatic heterocycles. The zero-order valence-electron chi connectivity index (χ0n) is 11.4. The molecule has 4 nitrogen and oxygen atoms in total. The molecule has 1 saturated carbocycles. The molecule has 1 aromatic rings. The topological polar surface area (TPSA) is 74.6 Å². The van der Waals surface area contributed by atoms with Crippen LogP contribution < -0.4 is 0 Å². The van der Waals surface area contributed by atoms with Crippen LogP contribution in [0.3, 0.4) is 0 Å². The molecule has 3 rings (SSSR count). The second-order valence-corrected chi connectivity index (χ2v) is 5.67. The lowest BCUT2D eigenvalue weighted by atomic mass is 9.91. The zero-order valence-corrected chi connectivity index (χ0v) is 11.4. The van der Waals surface area contributed by atoms with Crippen LogP contribution in [0.15, 0.2) is 36.4 Å². The highest BCUT2D eigenvalue weighted by molar-refractivity contribution is 6.01. The van der Waals surface area contributed by atoms with E-state index >= 15 is 0 Å². The summed E-state index contributed by atoms with van der Waals surface area (Å²) in [5, 5.41) is 17.1. The summed E-state index contributed by atoms with van der Waals surface area (Å²) in [7, 11) is 0. The first-order chi connectivity index (χ1) is 9.41. The van der Waals surface area contributed by atoms with Gasteiger partial charge in [-0.25, -0.2) is 9.59 Å². The van der Waals surface area contributed by atoms with Gasteiger partial charge < -0.3 is 10.2 Å². The highest BCUT2D eigenvalue weighted by atomic mass is 16.4. The van der Waals surface area contributed by atoms with E-state index in [9.17, 15) is 9.59 Å². The van der Waals surface area contributed by atoms with E-state index in [0.29, 0.717) is 5.41 Å². The normalized spacial score (nSPS) is 25.9. The summed E-state index contributed by atoms with van der Waals surface area (Å²) in [4.78, 5) is 20.9. The minimum absolute atomic E-state index is 0.190. The molecule has 0 amide bonds. The number of benzene rings is 1. The first kappa shape index (κ1) is 14.3. The van der Waals surface area contributed by atoms with Crippen molar-refractivity contribution in [2.45, 2.75) is 26.2 Å². The molecule has 2 atom stereocenters. The number of carboxylic acids is 2. The number of carbonyl (C=O) groups is 2. The second-order valence-electron chi connectivity index (χ2n) is 5.67. The highest BCUT2D eigenvalue weighted by Crippen LogP contribution is 2.48. The second kappa shape index (κ2) is 5.49. The molecule has 2 N–H and O–H groups in total. The van der Waals surface area contributed by atoms with Crippen molar-refractivity contribution in [3.8, 4) is 0 Å². The molecule has 1 fully saturated rings. The van der Waals surface area contributed by atoms with Crippen LogP contribution >= 0.6 is 0 Å². The van der Waals surface area contributed by atoms with E-state index in [-0.39, 0.29) is 11.1 Å². The predicted molar refractivity (Wildman–Crippen MR) is 74.9 cm³/mol. The Balaban J connectivity index is 0.000000157. The lowest BCUT2D eigenvalue weighted by Crippen LogP contribution is -2.06. The molecule has 2 bridgehead atoms. The van der Waals surface area contributed by atoms with E-state index in [2.05, 4.69) is 19.1 Å². The van der Waals surface area contributed by atoms with E-state index in [1.165, 1.54) is 43.5 Å². The third-order valence-corrected chi connectivity index (χ3v) is 3.97. The fourth-order valence-corrected chi connectivity index (χ4v) is 2.86. The number of carboxylic acid groups (broad SMARTS) is 2. The van der Waals surface area contributed by atoms with Crippen LogP contribution in [0, 0.1) is 11.3 Å². The van der Waals surface area contributed by atoms with Gasteiger partial charge >= 0.3 is 11.9 Å². The van der Waals surface area contributed by atoms with Gasteiger partial charge in [-0.2, -0.15) is 0 Å². The Morgan fingerprint density at radius 2 is 1.70 bits per heavy atom. The maximum absolute atomic E-state index is 10.5. The van der Waals surface area contributed by atoms with Crippen molar-refractivity contribution in [2.75, 3.05) is 0 Å². The highest BCUT2D eigenvalue weighted by Gasteiger charge is 2.36. The Morgan fingerprint density at radius 3 is 1.90 bits per heavy atom. The Bertz CT molecular complexity index is 528. The van der Waals surface area contributed by atoms with Gasteiger partial charge in [0.2, 0.25) is 0 Å². The smallest absolute Gasteiger partial charge is 0.336 e. The zero-order chi connectivity index (χ0) is 14.8. The lowest BCUT2D eigenvalue weighted by molar-refractivity contribution is 0.0651. The van der Waals surface area contributed by atoms with Gasteiger partial charge in [0.25, 0.3) is 0 Å². The number of fused-ring (bicyclic) bond motifs is 2. The van der Waals surface area contributed by atoms with Crippen molar-refractivity contribution in [2.24, 2.45) is 11.3 Å². The van der Waals surface area contributed by atoms with Crippen molar-refractivity contribution >= 4 is 11.9 Å². The average molecular weight is 274 g/mol. The maximum Gasteiger partial charge on any atom is 0.336 e. The van der Waals surface area contributed by atoms with Crippen molar-refractivity contribution in [3.05, 3.63) is 47.5 Å². The SMILES string of the molecule is CC12C=CC(CC1)C2.O=C(O)c1ccccc1C(=O)O. The Labute approximate surface area is 117 Å². The number of allylic oxidation sites excluding steroid dienone is 2. The van der Waals surface area contributed by atoms with Crippen LogP contribution in [-0.2, 0) is 0 Å². The number of aromatic carboxylic acids is 2. The summed E-state index contributed by atoms with van der Waals surface area (Å²) < 4.78 is 0. The molecule has 106 valence electrons. The van der Waals surface area contributed by atoms with Gasteiger partial charge in [-0.05, 0) is 42.7 Å². The van der Waals surface area contributed by atoms with Gasteiger partial charge in [-0.15, -0.1) is 0 Å². The molecule has 1 aromatic carbocycles. The predicted octanol–water partition coefficient (Wildman–Crippen LogP) is 3.45. The van der Waals surface area contributed by atoms with Crippen molar-refractivity contribution in [1.29, 1.82) is 0 Å². The fraction of sp³-hybridized carbons (Fsp3) is 0.375. The summed E-state index contributed by atoms with van der Waals surface area (Å²) >= 11 is 0. The Morgan fingerprint density at radius 1 is 1.15 bits per heavy atom. The van der Waals surface area contributed by atoms with Crippen molar-refractivity contribution in [1.82, 2.24) is 0 Å². The quantitative estimate of drug-likeness (QED) is 0.810. The molecule has 0 saturated heterocycles. The lowest BCUT2D eigenvalue weighted by Gasteiger charge is -2.14. The number of rotatable bonds is 2. The summed E-state index contributed by atoms with van der Waals surface area (Å²) in [5.74, 6) is -1.50. The monoisotopic (exact) mass is 274 g/mol. The summed E-state index contributed by atoms with van der Waals surface area (Å²) in [6.45, 7) is 2.37. The number of hydrogen-bond donors (Lipinski definition) is 2. The van der Waals surface area contributed by atoms with Crippen LogP contribution in [0.25, 0.3) is 0 Å². The van der Waals surface area contributed by atoms with Gasteiger partial charge in [0.1, 0.15) is 0 Å². The molecule has 0 heterocycles. The van der Waals surface area contributed by atoms with E-state index in [1.54, 1.807) is 0 Å². The molecule has 20 heavy (non-hydrogen) atoms. The van der Waals surface area contributed by atoms with E-state index in [0.717, 1.165) is 5.92 Å². The first-order valence-corrected chi connectivity index (χ1v) is 6.66. The molecular weight excluding hydrogens is 256 g/mol. The molecule has 4 heteroatoms. The number of hydrogen-bond acceptors (Lipinski definition) is 2. The summed E-state index contributed by atoms with van der Waals surface area (Å²) in [6.07, 6.45) is 9.12. The maximum atomic E-state index is 10.5. The Kier molecular flexibility index (Phi) is 3.93. The minimum atomic E-state index is -1.23. The van der Waals surface area contributed by atoms with E-state index in [4.69, 9.17) is 10.2 Å². The Hall–Kier alpha value is -2.10. The van der Waals surface area contributed by atoms with Crippen LogP contribution in [0.1, 0.15) is 46.9 Å². The summed E-state index contributed by atoms with van der Waals surface area (Å²) in [6, 6.07) is 5.48. The van der Waals surface area contributed by atoms with E-state index in [1.807, 2.05) is 0 Å². The molecular formula is C16H18O4. The third kappa shape index (κ3) is 3.07. The standard InChI is InChI=1S/C8H6O4.C8H12/c9-7(10)5-3-1-2-4-6(5)8(11)12;1-8-4-2-7(6-8)3-5-8/h1-4H,(H,9,10)(H,11,12);2,4,7H,3,5-6H2,1H3. The van der Waals surface area contributed by atoms with Gasteiger partial charge in [-0.1, -0.05) is 31.2 Å². The summed E-state index contributed by atoms with van der Waals surface area (Å²) in [5.41, 5.74) is 0.250. The molecule has 2 aliphatic rings. The minimum Gasteiger partial charge on any atom is -0.478 e. The molecule has 2 aliphatic carbocycles. The van der Waals surface area contributed by atoms with Crippen LogP contribution in [0.4, 0.5) is 0 Å². The molecule has 0 radical (unpaired) electrons. The van der Waals surface area contributed by atoms with Gasteiger partial charge in [-0.3, -0.25) is 0 Å². The van der Waals surface area contributed by atoms with Crippen molar-refractivity contribution in [3.63, 3.8) is 0 Å². The molecule has 2 unspecified atom stereocenters. The van der Waals surface area contributed by atoms with Gasteiger partial charge in [0, 0.05) is 0 Å². The molecule has 0 spiro atoms. The van der Waals surface area contributed by atoms with Crippen LogP contribution in [-0.4, -0.2) is 22.2 Å². The van der Waals surface area contributed by atoms with Crippen molar-refractivity contribution < 1.29 is 19.8 Å². The first-order valence-electron chi connectivity index (χ1n) is 6.66. The largest absolute Gasteiger partial charge is 0.478 e. The van der Waals surface area contributed by atoms with Crippen LogP contribution in [0.5, 0.6) is 0 Å². The third-order valence-electron chi connectivity index (χ3n) is 3.97. The van der Waals surface area contributed by atoms with Gasteiger partial charge in [0.05, 0.1) is 11.1 Å². The molecule has 0 aliphatic heterocycles. The fourth-order valence-electron chi connectivity index (χ4n) is 2.86.